The second-order valence-electron chi connectivity index (χ2n) is 6.86. The molecule has 0 radical (unpaired) electrons. The van der Waals surface area contributed by atoms with Crippen LogP contribution in [0, 0.1) is 5.92 Å². The van der Waals surface area contributed by atoms with E-state index in [0.717, 1.165) is 12.0 Å². The molecule has 0 spiro atoms. The third kappa shape index (κ3) is 4.55. The molecule has 0 bridgehead atoms. The minimum atomic E-state index is 0.864. The number of hydrogen-bond acceptors (Lipinski definition) is 2. The van der Waals surface area contributed by atoms with Gasteiger partial charge in [0.15, 0.2) is 0 Å². The Kier molecular flexibility index (Phi) is 5.70. The van der Waals surface area contributed by atoms with E-state index < -0.39 is 0 Å². The number of benzene rings is 1. The lowest BCUT2D eigenvalue weighted by molar-refractivity contribution is 0.154. The van der Waals surface area contributed by atoms with E-state index in [1.165, 1.54) is 76.7 Å². The van der Waals surface area contributed by atoms with Gasteiger partial charge in [-0.1, -0.05) is 43.2 Å². The fourth-order valence-corrected chi connectivity index (χ4v) is 4.01. The molecular weight excluding hydrogens is 256 g/mol. The van der Waals surface area contributed by atoms with E-state index in [4.69, 9.17) is 0 Å². The summed E-state index contributed by atoms with van der Waals surface area (Å²) in [4.78, 5) is 2.83. The van der Waals surface area contributed by atoms with Crippen molar-refractivity contribution in [3.63, 3.8) is 0 Å². The zero-order valence-corrected chi connectivity index (χ0v) is 13.3. The van der Waals surface area contributed by atoms with Crippen molar-refractivity contribution in [2.24, 2.45) is 5.92 Å². The molecule has 1 aliphatic heterocycles. The van der Waals surface area contributed by atoms with Crippen molar-refractivity contribution in [2.75, 3.05) is 26.2 Å². The smallest absolute Gasteiger partial charge is 0.00955 e. The molecule has 116 valence electrons. The van der Waals surface area contributed by atoms with Crippen molar-refractivity contribution in [3.8, 4) is 0 Å². The van der Waals surface area contributed by atoms with Gasteiger partial charge in [0.2, 0.25) is 0 Å². The average Bonchev–Trinajstić information content (AvgIpc) is 3.08. The third-order valence-electron chi connectivity index (χ3n) is 5.32. The van der Waals surface area contributed by atoms with Crippen molar-refractivity contribution >= 4 is 0 Å². The van der Waals surface area contributed by atoms with E-state index in [0.29, 0.717) is 0 Å². The minimum absolute atomic E-state index is 0.864. The lowest BCUT2D eigenvalue weighted by Gasteiger charge is -2.34. The second kappa shape index (κ2) is 7.95. The van der Waals surface area contributed by atoms with Gasteiger partial charge in [-0.05, 0) is 56.7 Å². The SMILES string of the molecule is c1ccc(CCN(CC2CCNCC2)C2CCCC2)cc1. The molecule has 0 unspecified atom stereocenters. The summed E-state index contributed by atoms with van der Waals surface area (Å²) in [7, 11) is 0. The second-order valence-corrected chi connectivity index (χ2v) is 6.86. The van der Waals surface area contributed by atoms with Crippen molar-refractivity contribution < 1.29 is 0 Å². The summed E-state index contributed by atoms with van der Waals surface area (Å²) in [5, 5.41) is 3.50. The molecule has 1 aromatic rings. The summed E-state index contributed by atoms with van der Waals surface area (Å²) in [6.45, 7) is 5.03. The highest BCUT2D eigenvalue weighted by Crippen LogP contribution is 2.26. The van der Waals surface area contributed by atoms with Crippen LogP contribution in [0.2, 0.25) is 0 Å². The summed E-state index contributed by atoms with van der Waals surface area (Å²) in [6, 6.07) is 11.9. The summed E-state index contributed by atoms with van der Waals surface area (Å²) in [5.41, 5.74) is 1.49. The van der Waals surface area contributed by atoms with Crippen molar-refractivity contribution in [3.05, 3.63) is 35.9 Å². The fraction of sp³-hybridized carbons (Fsp3) is 0.684. The van der Waals surface area contributed by atoms with Gasteiger partial charge in [0.05, 0.1) is 0 Å². The molecule has 1 aromatic carbocycles. The maximum atomic E-state index is 3.50. The van der Waals surface area contributed by atoms with Crippen LogP contribution in [-0.2, 0) is 6.42 Å². The zero-order valence-electron chi connectivity index (χ0n) is 13.3. The van der Waals surface area contributed by atoms with Crippen molar-refractivity contribution in [1.29, 1.82) is 0 Å². The Labute approximate surface area is 129 Å². The molecule has 2 nitrogen and oxygen atoms in total. The van der Waals surface area contributed by atoms with Crippen LogP contribution in [0.1, 0.15) is 44.1 Å². The predicted molar refractivity (Wildman–Crippen MR) is 89.6 cm³/mol. The van der Waals surface area contributed by atoms with Crippen LogP contribution < -0.4 is 5.32 Å². The number of nitrogens with zero attached hydrogens (tertiary/aromatic N) is 1. The van der Waals surface area contributed by atoms with Gasteiger partial charge in [0.25, 0.3) is 0 Å². The molecule has 21 heavy (non-hydrogen) atoms. The van der Waals surface area contributed by atoms with E-state index in [1.54, 1.807) is 0 Å². The summed E-state index contributed by atoms with van der Waals surface area (Å²) < 4.78 is 0. The van der Waals surface area contributed by atoms with Gasteiger partial charge >= 0.3 is 0 Å². The molecule has 0 atom stereocenters. The monoisotopic (exact) mass is 286 g/mol. The van der Waals surface area contributed by atoms with Crippen LogP contribution in [0.15, 0.2) is 30.3 Å². The first-order valence-electron chi connectivity index (χ1n) is 8.90. The Morgan fingerprint density at radius 2 is 1.67 bits per heavy atom. The standard InChI is InChI=1S/C19H30N2/c1-2-6-17(7-3-1)12-15-21(19-8-4-5-9-19)16-18-10-13-20-14-11-18/h1-3,6-7,18-20H,4-5,8-16H2. The quantitative estimate of drug-likeness (QED) is 0.861. The van der Waals surface area contributed by atoms with Gasteiger partial charge in [-0.15, -0.1) is 0 Å². The Bertz CT molecular complexity index is 391. The number of nitrogens with one attached hydrogen (secondary N) is 1. The van der Waals surface area contributed by atoms with Gasteiger partial charge in [-0.25, -0.2) is 0 Å². The molecular formula is C19H30N2. The normalized spacial score (nSPS) is 21.2. The highest BCUT2D eigenvalue weighted by Gasteiger charge is 2.25. The summed E-state index contributed by atoms with van der Waals surface area (Å²) in [5.74, 6) is 0.919. The van der Waals surface area contributed by atoms with Crippen molar-refractivity contribution in [2.45, 2.75) is 51.0 Å². The maximum Gasteiger partial charge on any atom is 0.00955 e. The maximum absolute atomic E-state index is 3.50. The van der Waals surface area contributed by atoms with Gasteiger partial charge in [0.1, 0.15) is 0 Å². The highest BCUT2D eigenvalue weighted by atomic mass is 15.2. The Morgan fingerprint density at radius 1 is 0.952 bits per heavy atom. The topological polar surface area (TPSA) is 15.3 Å². The number of piperidine rings is 1. The van der Waals surface area contributed by atoms with Gasteiger partial charge in [0, 0.05) is 19.1 Å². The van der Waals surface area contributed by atoms with Crippen LogP contribution in [0.3, 0.4) is 0 Å². The Hall–Kier alpha value is -0.860. The molecule has 1 saturated carbocycles. The molecule has 1 N–H and O–H groups in total. The van der Waals surface area contributed by atoms with Crippen LogP contribution >= 0.6 is 0 Å². The van der Waals surface area contributed by atoms with Gasteiger partial charge in [-0.2, -0.15) is 0 Å². The molecule has 2 aliphatic rings. The largest absolute Gasteiger partial charge is 0.317 e. The van der Waals surface area contributed by atoms with Gasteiger partial charge in [-0.3, -0.25) is 4.90 Å². The van der Waals surface area contributed by atoms with E-state index in [9.17, 15) is 0 Å². The lowest BCUT2D eigenvalue weighted by Crippen LogP contribution is -2.41. The molecule has 1 aliphatic carbocycles. The van der Waals surface area contributed by atoms with Crippen molar-refractivity contribution in [1.82, 2.24) is 10.2 Å². The van der Waals surface area contributed by atoms with Gasteiger partial charge < -0.3 is 5.32 Å². The van der Waals surface area contributed by atoms with E-state index in [2.05, 4.69) is 40.5 Å². The molecule has 2 heteroatoms. The first-order valence-corrected chi connectivity index (χ1v) is 8.90. The minimum Gasteiger partial charge on any atom is -0.317 e. The van der Waals surface area contributed by atoms with E-state index >= 15 is 0 Å². The van der Waals surface area contributed by atoms with E-state index in [-0.39, 0.29) is 0 Å². The molecule has 1 heterocycles. The zero-order chi connectivity index (χ0) is 14.3. The predicted octanol–water partition coefficient (Wildman–Crippen LogP) is 3.47. The number of rotatable bonds is 6. The fourth-order valence-electron chi connectivity index (χ4n) is 4.01. The third-order valence-corrected chi connectivity index (χ3v) is 5.32. The number of hydrogen-bond donors (Lipinski definition) is 1. The molecule has 3 rings (SSSR count). The van der Waals surface area contributed by atoms with Crippen LogP contribution in [0.5, 0.6) is 0 Å². The summed E-state index contributed by atoms with van der Waals surface area (Å²) >= 11 is 0. The van der Waals surface area contributed by atoms with E-state index in [1.807, 2.05) is 0 Å². The van der Waals surface area contributed by atoms with Crippen LogP contribution in [0.25, 0.3) is 0 Å². The first-order chi connectivity index (χ1) is 10.4. The lowest BCUT2D eigenvalue weighted by atomic mass is 9.96. The summed E-state index contributed by atoms with van der Waals surface area (Å²) in [6.07, 6.45) is 9.70. The molecule has 0 aromatic heterocycles. The molecule has 1 saturated heterocycles. The Balaban J connectivity index is 1.55. The average molecular weight is 286 g/mol. The Morgan fingerprint density at radius 3 is 2.38 bits per heavy atom. The van der Waals surface area contributed by atoms with Crippen LogP contribution in [0.4, 0.5) is 0 Å². The van der Waals surface area contributed by atoms with Crippen LogP contribution in [-0.4, -0.2) is 37.1 Å². The molecule has 2 fully saturated rings. The molecule has 0 amide bonds. The first kappa shape index (κ1) is 15.1. The highest BCUT2D eigenvalue weighted by molar-refractivity contribution is 5.14.